The Morgan fingerprint density at radius 3 is 2.15 bits per heavy atom. The predicted octanol–water partition coefficient (Wildman–Crippen LogP) is 3.47. The van der Waals surface area contributed by atoms with E-state index in [1.54, 1.807) is 13.8 Å². The summed E-state index contributed by atoms with van der Waals surface area (Å²) in [6.45, 7) is 3.50. The van der Waals surface area contributed by atoms with Crippen LogP contribution >= 0.6 is 11.6 Å². The first-order chi connectivity index (χ1) is 12.9. The SMILES string of the molecule is COC(=O)C1=C(C)NC(C)=C(C(=O)OC)C1c1cc2ccccc2nc1Cl. The van der Waals surface area contributed by atoms with Crippen LogP contribution < -0.4 is 5.32 Å². The zero-order chi connectivity index (χ0) is 19.7. The Morgan fingerprint density at radius 2 is 1.59 bits per heavy atom. The summed E-state index contributed by atoms with van der Waals surface area (Å²) in [5, 5.41) is 4.12. The van der Waals surface area contributed by atoms with Crippen molar-refractivity contribution >= 4 is 34.4 Å². The highest BCUT2D eigenvalue weighted by Gasteiger charge is 2.39. The number of benzene rings is 1. The first kappa shape index (κ1) is 18.9. The molecule has 6 nitrogen and oxygen atoms in total. The number of carbonyl (C=O) groups is 2. The molecule has 0 saturated heterocycles. The van der Waals surface area contributed by atoms with Gasteiger partial charge in [0.05, 0.1) is 36.8 Å². The number of esters is 2. The maximum Gasteiger partial charge on any atom is 0.336 e. The second-order valence-corrected chi connectivity index (χ2v) is 6.54. The molecule has 1 aromatic carbocycles. The maximum atomic E-state index is 12.5. The maximum absolute atomic E-state index is 12.5. The average molecular weight is 387 g/mol. The molecule has 0 amide bonds. The second kappa shape index (κ2) is 7.40. The molecule has 0 spiro atoms. The van der Waals surface area contributed by atoms with Crippen molar-refractivity contribution < 1.29 is 19.1 Å². The van der Waals surface area contributed by atoms with Gasteiger partial charge < -0.3 is 14.8 Å². The molecule has 2 heterocycles. The van der Waals surface area contributed by atoms with Crippen molar-refractivity contribution in [3.63, 3.8) is 0 Å². The molecule has 1 aromatic heterocycles. The number of ether oxygens (including phenoxy) is 2. The van der Waals surface area contributed by atoms with Crippen molar-refractivity contribution in [1.82, 2.24) is 10.3 Å². The van der Waals surface area contributed by atoms with Crippen molar-refractivity contribution in [3.05, 3.63) is 63.6 Å². The smallest absolute Gasteiger partial charge is 0.336 e. The normalized spacial score (nSPS) is 15.0. The standard InChI is InChI=1S/C20H19ClN2O4/c1-10-15(19(24)26-3)17(16(11(2)22-10)20(25)27-4)13-9-12-7-5-6-8-14(12)23-18(13)21/h5-9,17,22H,1-4H3. The third-order valence-electron chi connectivity index (χ3n) is 4.59. The van der Waals surface area contributed by atoms with Crippen LogP contribution in [0.5, 0.6) is 0 Å². The van der Waals surface area contributed by atoms with Gasteiger partial charge in [0.1, 0.15) is 5.15 Å². The van der Waals surface area contributed by atoms with Gasteiger partial charge in [0.25, 0.3) is 0 Å². The van der Waals surface area contributed by atoms with Gasteiger partial charge in [-0.3, -0.25) is 0 Å². The minimum absolute atomic E-state index is 0.212. The number of hydrogen-bond acceptors (Lipinski definition) is 6. The van der Waals surface area contributed by atoms with E-state index in [9.17, 15) is 9.59 Å². The number of nitrogens with one attached hydrogen (secondary N) is 1. The van der Waals surface area contributed by atoms with Crippen LogP contribution in [0.15, 0.2) is 52.9 Å². The lowest BCUT2D eigenvalue weighted by Gasteiger charge is -2.30. The van der Waals surface area contributed by atoms with Gasteiger partial charge in [-0.25, -0.2) is 14.6 Å². The number of allylic oxidation sites excluding steroid dienone is 2. The van der Waals surface area contributed by atoms with Crippen molar-refractivity contribution in [1.29, 1.82) is 0 Å². The minimum atomic E-state index is -0.754. The Labute approximate surface area is 161 Å². The molecule has 140 valence electrons. The van der Waals surface area contributed by atoms with Gasteiger partial charge in [-0.2, -0.15) is 0 Å². The lowest BCUT2D eigenvalue weighted by atomic mass is 9.80. The fourth-order valence-corrected chi connectivity index (χ4v) is 3.63. The lowest BCUT2D eigenvalue weighted by molar-refractivity contribution is -0.137. The fraction of sp³-hybridized carbons (Fsp3) is 0.250. The van der Waals surface area contributed by atoms with Crippen LogP contribution in [0.1, 0.15) is 25.3 Å². The van der Waals surface area contributed by atoms with Crippen molar-refractivity contribution in [2.24, 2.45) is 0 Å². The zero-order valence-electron chi connectivity index (χ0n) is 15.4. The van der Waals surface area contributed by atoms with Crippen LogP contribution in [0.25, 0.3) is 10.9 Å². The summed E-state index contributed by atoms with van der Waals surface area (Å²) in [5.74, 6) is -1.86. The van der Waals surface area contributed by atoms with Gasteiger partial charge in [0.2, 0.25) is 0 Å². The summed E-state index contributed by atoms with van der Waals surface area (Å²) in [6, 6.07) is 9.33. The molecular formula is C20H19ClN2O4. The number of dihydropyridines is 1. The molecule has 0 atom stereocenters. The summed E-state index contributed by atoms with van der Waals surface area (Å²) < 4.78 is 9.92. The van der Waals surface area contributed by atoms with E-state index < -0.39 is 17.9 Å². The Morgan fingerprint density at radius 1 is 1.04 bits per heavy atom. The number of fused-ring (bicyclic) bond motifs is 1. The number of methoxy groups -OCH3 is 2. The number of para-hydroxylation sites is 1. The number of carbonyl (C=O) groups excluding carboxylic acids is 2. The second-order valence-electron chi connectivity index (χ2n) is 6.18. The van der Waals surface area contributed by atoms with Crippen LogP contribution in [0.4, 0.5) is 0 Å². The molecule has 0 unspecified atom stereocenters. The highest BCUT2D eigenvalue weighted by atomic mass is 35.5. The molecule has 0 radical (unpaired) electrons. The first-order valence-electron chi connectivity index (χ1n) is 8.29. The Balaban J connectivity index is 2.31. The molecule has 0 fully saturated rings. The quantitative estimate of drug-likeness (QED) is 0.643. The molecule has 2 aromatic rings. The van der Waals surface area contributed by atoms with Gasteiger partial charge in [-0.15, -0.1) is 0 Å². The summed E-state index contributed by atoms with van der Waals surface area (Å²) in [5.41, 5.74) is 3.02. The molecular weight excluding hydrogens is 368 g/mol. The Kier molecular flexibility index (Phi) is 5.19. The van der Waals surface area contributed by atoms with Gasteiger partial charge in [0.15, 0.2) is 0 Å². The van der Waals surface area contributed by atoms with Crippen LogP contribution in [0.2, 0.25) is 5.15 Å². The van der Waals surface area contributed by atoms with E-state index in [1.807, 2.05) is 30.3 Å². The van der Waals surface area contributed by atoms with Crippen LogP contribution in [0, 0.1) is 0 Å². The van der Waals surface area contributed by atoms with Gasteiger partial charge in [-0.1, -0.05) is 29.8 Å². The molecule has 1 N–H and O–H groups in total. The number of nitrogens with zero attached hydrogens (tertiary/aromatic N) is 1. The third-order valence-corrected chi connectivity index (χ3v) is 4.89. The average Bonchev–Trinajstić information content (AvgIpc) is 2.65. The lowest BCUT2D eigenvalue weighted by Crippen LogP contribution is -2.32. The topological polar surface area (TPSA) is 77.5 Å². The summed E-state index contributed by atoms with van der Waals surface area (Å²) >= 11 is 6.48. The Bertz CT molecular complexity index is 972. The van der Waals surface area contributed by atoms with Crippen molar-refractivity contribution in [2.45, 2.75) is 19.8 Å². The van der Waals surface area contributed by atoms with E-state index in [-0.39, 0.29) is 5.15 Å². The van der Waals surface area contributed by atoms with Gasteiger partial charge in [0, 0.05) is 22.3 Å². The summed E-state index contributed by atoms with van der Waals surface area (Å²) in [7, 11) is 2.59. The molecule has 1 aliphatic heterocycles. The highest BCUT2D eigenvalue weighted by Crippen LogP contribution is 2.42. The largest absolute Gasteiger partial charge is 0.466 e. The molecule has 0 bridgehead atoms. The van der Waals surface area contributed by atoms with Crippen molar-refractivity contribution in [3.8, 4) is 0 Å². The molecule has 7 heteroatoms. The molecule has 27 heavy (non-hydrogen) atoms. The first-order valence-corrected chi connectivity index (χ1v) is 8.67. The van der Waals surface area contributed by atoms with Crippen LogP contribution in [-0.2, 0) is 19.1 Å². The molecule has 0 aliphatic carbocycles. The van der Waals surface area contributed by atoms with E-state index >= 15 is 0 Å². The number of aromatic nitrogens is 1. The fourth-order valence-electron chi connectivity index (χ4n) is 3.38. The van der Waals surface area contributed by atoms with E-state index in [0.717, 1.165) is 10.9 Å². The Hall–Kier alpha value is -2.86. The van der Waals surface area contributed by atoms with Gasteiger partial charge in [-0.05, 0) is 26.0 Å². The zero-order valence-corrected chi connectivity index (χ0v) is 16.2. The number of rotatable bonds is 3. The predicted molar refractivity (Wildman–Crippen MR) is 102 cm³/mol. The number of halogens is 1. The van der Waals surface area contributed by atoms with E-state index in [2.05, 4.69) is 10.3 Å². The molecule has 0 saturated carbocycles. The van der Waals surface area contributed by atoms with Crippen LogP contribution in [0.3, 0.4) is 0 Å². The van der Waals surface area contributed by atoms with Crippen LogP contribution in [-0.4, -0.2) is 31.1 Å². The highest BCUT2D eigenvalue weighted by molar-refractivity contribution is 6.31. The summed E-state index contributed by atoms with van der Waals surface area (Å²) in [6.07, 6.45) is 0. The third kappa shape index (κ3) is 3.28. The van der Waals surface area contributed by atoms with E-state index in [4.69, 9.17) is 21.1 Å². The van der Waals surface area contributed by atoms with E-state index in [1.165, 1.54) is 14.2 Å². The minimum Gasteiger partial charge on any atom is -0.466 e. The van der Waals surface area contributed by atoms with E-state index in [0.29, 0.717) is 28.1 Å². The molecule has 3 rings (SSSR count). The number of pyridine rings is 1. The van der Waals surface area contributed by atoms with Crippen molar-refractivity contribution in [2.75, 3.05) is 14.2 Å². The summed E-state index contributed by atoms with van der Waals surface area (Å²) in [4.78, 5) is 29.5. The molecule has 1 aliphatic rings. The number of hydrogen-bond donors (Lipinski definition) is 1. The monoisotopic (exact) mass is 386 g/mol. The van der Waals surface area contributed by atoms with Gasteiger partial charge >= 0.3 is 11.9 Å².